The van der Waals surface area contributed by atoms with Gasteiger partial charge >= 0.3 is 0 Å². The summed E-state index contributed by atoms with van der Waals surface area (Å²) in [6, 6.07) is 4.00. The van der Waals surface area contributed by atoms with E-state index in [0.717, 1.165) is 30.5 Å². The third kappa shape index (κ3) is 2.18. The number of hydrogen-bond acceptors (Lipinski definition) is 2. The molecule has 2 nitrogen and oxygen atoms in total. The van der Waals surface area contributed by atoms with Gasteiger partial charge in [0.05, 0.1) is 0 Å². The van der Waals surface area contributed by atoms with Crippen LogP contribution >= 0.6 is 11.6 Å². The van der Waals surface area contributed by atoms with Gasteiger partial charge in [-0.1, -0.05) is 25.4 Å². The lowest BCUT2D eigenvalue weighted by atomic mass is 9.95. The fourth-order valence-corrected chi connectivity index (χ4v) is 2.53. The van der Waals surface area contributed by atoms with Crippen LogP contribution in [0.15, 0.2) is 12.1 Å². The second-order valence-electron chi connectivity index (χ2n) is 4.74. The van der Waals surface area contributed by atoms with E-state index in [1.165, 1.54) is 0 Å². The Morgan fingerprint density at radius 2 is 2.19 bits per heavy atom. The molecule has 2 rings (SSSR count). The first kappa shape index (κ1) is 11.7. The van der Waals surface area contributed by atoms with Gasteiger partial charge in [0.15, 0.2) is 0 Å². The number of phenols is 1. The van der Waals surface area contributed by atoms with Crippen LogP contribution in [-0.2, 0) is 0 Å². The van der Waals surface area contributed by atoms with Crippen molar-refractivity contribution in [2.45, 2.75) is 38.6 Å². The summed E-state index contributed by atoms with van der Waals surface area (Å²) in [5.74, 6) is 0.706. The molecule has 1 atom stereocenters. The first-order valence-electron chi connectivity index (χ1n) is 5.85. The lowest BCUT2D eigenvalue weighted by molar-refractivity contribution is 0.447. The number of benzene rings is 1. The molecule has 1 heterocycles. The summed E-state index contributed by atoms with van der Waals surface area (Å²) in [6.07, 6.45) is 2.24. The molecular formula is C13H18ClNO. The standard InChI is InChI=1S/C13H18ClNO/c1-8(2)10-6-9(14)7-11(13(10)16)12-4-3-5-15-12/h6-8,12,15-16H,3-5H2,1-2H3. The Morgan fingerprint density at radius 1 is 1.44 bits per heavy atom. The molecule has 3 heteroatoms. The summed E-state index contributed by atoms with van der Waals surface area (Å²) < 4.78 is 0. The van der Waals surface area contributed by atoms with Gasteiger partial charge in [-0.05, 0) is 43.0 Å². The minimum atomic E-state index is 0.260. The van der Waals surface area contributed by atoms with Crippen molar-refractivity contribution in [2.24, 2.45) is 0 Å². The zero-order valence-corrected chi connectivity index (χ0v) is 10.5. The third-order valence-electron chi connectivity index (χ3n) is 3.19. The van der Waals surface area contributed by atoms with Crippen LogP contribution in [-0.4, -0.2) is 11.7 Å². The van der Waals surface area contributed by atoms with Crippen LogP contribution in [0.4, 0.5) is 0 Å². The number of rotatable bonds is 2. The average Bonchev–Trinajstić information content (AvgIpc) is 2.73. The van der Waals surface area contributed by atoms with Crippen LogP contribution in [0.2, 0.25) is 5.02 Å². The molecule has 0 aromatic heterocycles. The predicted octanol–water partition coefficient (Wildman–Crippen LogP) is 3.59. The van der Waals surface area contributed by atoms with Crippen LogP contribution in [0, 0.1) is 0 Å². The van der Waals surface area contributed by atoms with Crippen molar-refractivity contribution >= 4 is 11.6 Å². The van der Waals surface area contributed by atoms with Gasteiger partial charge in [-0.15, -0.1) is 0 Å². The molecule has 0 bridgehead atoms. The summed E-state index contributed by atoms with van der Waals surface area (Å²) in [6.45, 7) is 5.15. The summed E-state index contributed by atoms with van der Waals surface area (Å²) in [5.41, 5.74) is 1.89. The van der Waals surface area contributed by atoms with Crippen molar-refractivity contribution in [1.82, 2.24) is 5.32 Å². The second-order valence-corrected chi connectivity index (χ2v) is 5.17. The minimum Gasteiger partial charge on any atom is -0.507 e. The van der Waals surface area contributed by atoms with Crippen molar-refractivity contribution in [3.05, 3.63) is 28.3 Å². The molecule has 2 N–H and O–H groups in total. The Balaban J connectivity index is 2.43. The smallest absolute Gasteiger partial charge is 0.123 e. The molecule has 0 saturated carbocycles. The highest BCUT2D eigenvalue weighted by Gasteiger charge is 2.22. The molecule has 0 amide bonds. The Hall–Kier alpha value is -0.730. The van der Waals surface area contributed by atoms with Crippen molar-refractivity contribution in [1.29, 1.82) is 0 Å². The van der Waals surface area contributed by atoms with Gasteiger partial charge in [-0.25, -0.2) is 0 Å². The Labute approximate surface area is 102 Å². The maximum atomic E-state index is 10.2. The lowest BCUT2D eigenvalue weighted by Crippen LogP contribution is -2.13. The van der Waals surface area contributed by atoms with Gasteiger partial charge in [0, 0.05) is 16.6 Å². The predicted molar refractivity (Wildman–Crippen MR) is 67.2 cm³/mol. The molecule has 1 fully saturated rings. The monoisotopic (exact) mass is 239 g/mol. The minimum absolute atomic E-state index is 0.260. The highest BCUT2D eigenvalue weighted by atomic mass is 35.5. The van der Waals surface area contributed by atoms with Crippen LogP contribution in [0.1, 0.15) is 49.8 Å². The summed E-state index contributed by atoms with van der Waals surface area (Å²) in [7, 11) is 0. The van der Waals surface area contributed by atoms with E-state index in [0.29, 0.717) is 16.7 Å². The van der Waals surface area contributed by atoms with Crippen LogP contribution < -0.4 is 5.32 Å². The zero-order chi connectivity index (χ0) is 11.7. The van der Waals surface area contributed by atoms with Crippen molar-refractivity contribution in [2.75, 3.05) is 6.54 Å². The summed E-state index contributed by atoms with van der Waals surface area (Å²) >= 11 is 6.11. The molecule has 1 aliphatic heterocycles. The van der Waals surface area contributed by atoms with Crippen LogP contribution in [0.5, 0.6) is 5.75 Å². The highest BCUT2D eigenvalue weighted by Crippen LogP contribution is 2.38. The zero-order valence-electron chi connectivity index (χ0n) is 9.76. The van der Waals surface area contributed by atoms with E-state index < -0.39 is 0 Å². The quantitative estimate of drug-likeness (QED) is 0.827. The number of hydrogen-bond donors (Lipinski definition) is 2. The van der Waals surface area contributed by atoms with Crippen molar-refractivity contribution < 1.29 is 5.11 Å². The van der Waals surface area contributed by atoms with Gasteiger partial charge in [0.2, 0.25) is 0 Å². The molecule has 0 aliphatic carbocycles. The van der Waals surface area contributed by atoms with Gasteiger partial charge in [0.25, 0.3) is 0 Å². The Morgan fingerprint density at radius 3 is 2.75 bits per heavy atom. The van der Waals surface area contributed by atoms with Gasteiger partial charge in [0.1, 0.15) is 5.75 Å². The van der Waals surface area contributed by atoms with E-state index in [2.05, 4.69) is 19.2 Å². The first-order valence-corrected chi connectivity index (χ1v) is 6.23. The number of phenolic OH excluding ortho intramolecular Hbond substituents is 1. The van der Waals surface area contributed by atoms with Gasteiger partial charge in [-0.3, -0.25) is 0 Å². The maximum Gasteiger partial charge on any atom is 0.123 e. The van der Waals surface area contributed by atoms with Crippen molar-refractivity contribution in [3.63, 3.8) is 0 Å². The van der Waals surface area contributed by atoms with E-state index >= 15 is 0 Å². The molecule has 16 heavy (non-hydrogen) atoms. The molecule has 88 valence electrons. The summed E-state index contributed by atoms with van der Waals surface area (Å²) in [4.78, 5) is 0. The fraction of sp³-hybridized carbons (Fsp3) is 0.538. The second kappa shape index (κ2) is 4.64. The SMILES string of the molecule is CC(C)c1cc(Cl)cc(C2CCCN2)c1O. The molecule has 1 unspecified atom stereocenters. The lowest BCUT2D eigenvalue weighted by Gasteiger charge is -2.17. The van der Waals surface area contributed by atoms with E-state index in [1.807, 2.05) is 12.1 Å². The van der Waals surface area contributed by atoms with Gasteiger partial charge < -0.3 is 10.4 Å². The molecule has 1 aromatic carbocycles. The normalized spacial score (nSPS) is 20.6. The number of aromatic hydroxyl groups is 1. The van der Waals surface area contributed by atoms with Crippen molar-refractivity contribution in [3.8, 4) is 5.75 Å². The summed E-state index contributed by atoms with van der Waals surface area (Å²) in [5, 5.41) is 14.3. The maximum absolute atomic E-state index is 10.2. The van der Waals surface area contributed by atoms with E-state index in [-0.39, 0.29) is 6.04 Å². The molecule has 0 radical (unpaired) electrons. The van der Waals surface area contributed by atoms with Crippen LogP contribution in [0.25, 0.3) is 0 Å². The topological polar surface area (TPSA) is 32.3 Å². The fourth-order valence-electron chi connectivity index (χ4n) is 2.30. The molecule has 1 aliphatic rings. The van der Waals surface area contributed by atoms with E-state index in [9.17, 15) is 5.11 Å². The number of nitrogens with one attached hydrogen (secondary N) is 1. The molecule has 1 aromatic rings. The Kier molecular flexibility index (Phi) is 3.41. The van der Waals surface area contributed by atoms with Crippen LogP contribution in [0.3, 0.4) is 0 Å². The van der Waals surface area contributed by atoms with Gasteiger partial charge in [-0.2, -0.15) is 0 Å². The molecule has 1 saturated heterocycles. The highest BCUT2D eigenvalue weighted by molar-refractivity contribution is 6.30. The third-order valence-corrected chi connectivity index (χ3v) is 3.41. The largest absolute Gasteiger partial charge is 0.507 e. The first-order chi connectivity index (χ1) is 7.59. The van der Waals surface area contributed by atoms with E-state index in [4.69, 9.17) is 11.6 Å². The molecule has 0 spiro atoms. The molecular weight excluding hydrogens is 222 g/mol. The van der Waals surface area contributed by atoms with E-state index in [1.54, 1.807) is 0 Å². The Bertz CT molecular complexity index is 384. The average molecular weight is 240 g/mol. The number of halogens is 1.